The minimum Gasteiger partial charge on any atom is -0.486 e. The number of carbonyl (C=O) groups is 1. The normalized spacial score (nSPS) is 12.8. The van der Waals surface area contributed by atoms with E-state index >= 15 is 0 Å². The van der Waals surface area contributed by atoms with E-state index < -0.39 is 0 Å². The number of nitrogens with zero attached hydrogens (tertiary/aromatic N) is 2. The van der Waals surface area contributed by atoms with Gasteiger partial charge in [-0.05, 0) is 36.8 Å². The van der Waals surface area contributed by atoms with E-state index in [0.717, 1.165) is 17.1 Å². The maximum atomic E-state index is 12.4. The van der Waals surface area contributed by atoms with Gasteiger partial charge in [0.05, 0.1) is 12.6 Å². The second kappa shape index (κ2) is 6.95. The molecule has 4 rings (SSSR count). The van der Waals surface area contributed by atoms with Crippen LogP contribution in [0.15, 0.2) is 47.0 Å². The molecule has 2 aromatic heterocycles. The number of hydrogen-bond donors (Lipinski definition) is 1. The van der Waals surface area contributed by atoms with E-state index in [9.17, 15) is 4.79 Å². The van der Waals surface area contributed by atoms with E-state index in [2.05, 4.69) is 10.4 Å². The standard InChI is InChI=1S/C19H19N3O4/c1-13-2-4-15(26-13)12-22-18(6-7-20-22)21-19(23)11-14-3-5-16-17(10-14)25-9-8-24-16/h2-7,10H,8-9,11-12H2,1H3,(H,21,23). The number of anilines is 1. The summed E-state index contributed by atoms with van der Waals surface area (Å²) in [5.41, 5.74) is 0.861. The van der Waals surface area contributed by atoms with Crippen LogP contribution in [0.25, 0.3) is 0 Å². The smallest absolute Gasteiger partial charge is 0.229 e. The minimum absolute atomic E-state index is 0.126. The van der Waals surface area contributed by atoms with Crippen molar-refractivity contribution in [1.82, 2.24) is 9.78 Å². The fraction of sp³-hybridized carbons (Fsp3) is 0.263. The highest BCUT2D eigenvalue weighted by Gasteiger charge is 2.14. The number of hydrogen-bond acceptors (Lipinski definition) is 5. The van der Waals surface area contributed by atoms with Crippen LogP contribution in [0.1, 0.15) is 17.1 Å². The molecule has 0 radical (unpaired) electrons. The van der Waals surface area contributed by atoms with Crippen molar-refractivity contribution in [1.29, 1.82) is 0 Å². The molecule has 0 saturated carbocycles. The molecule has 3 aromatic rings. The molecule has 1 aromatic carbocycles. The van der Waals surface area contributed by atoms with Gasteiger partial charge in [0.25, 0.3) is 0 Å². The number of ether oxygens (including phenoxy) is 2. The number of furan rings is 1. The van der Waals surface area contributed by atoms with Crippen molar-refractivity contribution >= 4 is 11.7 Å². The Balaban J connectivity index is 1.42. The first-order valence-electron chi connectivity index (χ1n) is 8.43. The predicted molar refractivity (Wildman–Crippen MR) is 94.5 cm³/mol. The molecule has 0 bridgehead atoms. The van der Waals surface area contributed by atoms with E-state index in [1.807, 2.05) is 37.3 Å². The number of aryl methyl sites for hydroxylation is 1. The Morgan fingerprint density at radius 3 is 2.81 bits per heavy atom. The van der Waals surface area contributed by atoms with E-state index in [0.29, 0.717) is 37.1 Å². The molecule has 7 nitrogen and oxygen atoms in total. The van der Waals surface area contributed by atoms with Crippen molar-refractivity contribution in [2.45, 2.75) is 19.9 Å². The van der Waals surface area contributed by atoms with Crippen LogP contribution in [0, 0.1) is 6.92 Å². The third kappa shape index (κ3) is 3.56. The summed E-state index contributed by atoms with van der Waals surface area (Å²) in [6, 6.07) is 11.1. The van der Waals surface area contributed by atoms with Gasteiger partial charge in [-0.2, -0.15) is 5.10 Å². The average molecular weight is 353 g/mol. The van der Waals surface area contributed by atoms with E-state index in [-0.39, 0.29) is 12.3 Å². The fourth-order valence-electron chi connectivity index (χ4n) is 2.85. The lowest BCUT2D eigenvalue weighted by Crippen LogP contribution is -2.19. The SMILES string of the molecule is Cc1ccc(Cn2nccc2NC(=O)Cc2ccc3c(c2)OCCO3)o1. The van der Waals surface area contributed by atoms with Gasteiger partial charge in [-0.15, -0.1) is 0 Å². The molecule has 134 valence electrons. The van der Waals surface area contributed by atoms with Gasteiger partial charge in [-0.25, -0.2) is 4.68 Å². The summed E-state index contributed by atoms with van der Waals surface area (Å²) in [5.74, 6) is 3.53. The van der Waals surface area contributed by atoms with Crippen molar-refractivity contribution in [2.75, 3.05) is 18.5 Å². The highest BCUT2D eigenvalue weighted by atomic mass is 16.6. The Bertz CT molecular complexity index is 929. The Kier molecular flexibility index (Phi) is 4.35. The molecule has 1 amide bonds. The highest BCUT2D eigenvalue weighted by Crippen LogP contribution is 2.30. The Hall–Kier alpha value is -3.22. The second-order valence-corrected chi connectivity index (χ2v) is 6.09. The zero-order valence-corrected chi connectivity index (χ0v) is 14.4. The first-order valence-corrected chi connectivity index (χ1v) is 8.43. The van der Waals surface area contributed by atoms with E-state index in [1.54, 1.807) is 16.9 Å². The van der Waals surface area contributed by atoms with Crippen LogP contribution in [0.2, 0.25) is 0 Å². The Labute approximate surface area is 150 Å². The van der Waals surface area contributed by atoms with Crippen LogP contribution < -0.4 is 14.8 Å². The molecule has 1 N–H and O–H groups in total. The number of fused-ring (bicyclic) bond motifs is 1. The average Bonchev–Trinajstić information content (AvgIpc) is 3.24. The van der Waals surface area contributed by atoms with Crippen LogP contribution in [0.5, 0.6) is 11.5 Å². The summed E-state index contributed by atoms with van der Waals surface area (Å²) in [7, 11) is 0. The van der Waals surface area contributed by atoms with Gasteiger partial charge in [0.15, 0.2) is 11.5 Å². The van der Waals surface area contributed by atoms with Gasteiger partial charge in [0.1, 0.15) is 37.1 Å². The topological polar surface area (TPSA) is 78.5 Å². The molecule has 0 spiro atoms. The molecule has 0 aliphatic carbocycles. The zero-order valence-electron chi connectivity index (χ0n) is 14.4. The third-order valence-corrected chi connectivity index (χ3v) is 4.06. The van der Waals surface area contributed by atoms with Gasteiger partial charge in [0, 0.05) is 6.07 Å². The lowest BCUT2D eigenvalue weighted by atomic mass is 10.1. The second-order valence-electron chi connectivity index (χ2n) is 6.09. The summed E-state index contributed by atoms with van der Waals surface area (Å²) in [4.78, 5) is 12.4. The number of benzene rings is 1. The first-order chi connectivity index (χ1) is 12.7. The Morgan fingerprint density at radius 1 is 1.15 bits per heavy atom. The van der Waals surface area contributed by atoms with Gasteiger partial charge in [-0.1, -0.05) is 6.07 Å². The summed E-state index contributed by atoms with van der Waals surface area (Å²) in [6.45, 7) is 3.42. The van der Waals surface area contributed by atoms with Crippen molar-refractivity contribution < 1.29 is 18.7 Å². The predicted octanol–water partition coefficient (Wildman–Crippen LogP) is 2.79. The summed E-state index contributed by atoms with van der Waals surface area (Å²) in [5, 5.41) is 7.14. The number of carbonyl (C=O) groups excluding carboxylic acids is 1. The van der Waals surface area contributed by atoms with Crippen molar-refractivity contribution in [2.24, 2.45) is 0 Å². The van der Waals surface area contributed by atoms with Gasteiger partial charge in [0.2, 0.25) is 5.91 Å². The molecule has 0 fully saturated rings. The molecule has 7 heteroatoms. The monoisotopic (exact) mass is 353 g/mol. The minimum atomic E-state index is -0.126. The van der Waals surface area contributed by atoms with E-state index in [4.69, 9.17) is 13.9 Å². The summed E-state index contributed by atoms with van der Waals surface area (Å²) < 4.78 is 18.3. The number of nitrogens with one attached hydrogen (secondary N) is 1. The zero-order chi connectivity index (χ0) is 17.9. The third-order valence-electron chi connectivity index (χ3n) is 4.06. The molecular weight excluding hydrogens is 334 g/mol. The van der Waals surface area contributed by atoms with Crippen LogP contribution in [0.3, 0.4) is 0 Å². The maximum absolute atomic E-state index is 12.4. The summed E-state index contributed by atoms with van der Waals surface area (Å²) in [6.07, 6.45) is 1.89. The molecule has 26 heavy (non-hydrogen) atoms. The molecule has 3 heterocycles. The quantitative estimate of drug-likeness (QED) is 0.763. The van der Waals surface area contributed by atoms with Crippen molar-refractivity contribution in [3.8, 4) is 11.5 Å². The molecule has 0 unspecified atom stereocenters. The highest BCUT2D eigenvalue weighted by molar-refractivity contribution is 5.91. The van der Waals surface area contributed by atoms with Crippen molar-refractivity contribution in [3.05, 3.63) is 59.7 Å². The fourth-order valence-corrected chi connectivity index (χ4v) is 2.85. The number of aromatic nitrogens is 2. The lowest BCUT2D eigenvalue weighted by Gasteiger charge is -2.18. The summed E-state index contributed by atoms with van der Waals surface area (Å²) >= 11 is 0. The van der Waals surface area contributed by atoms with Crippen LogP contribution >= 0.6 is 0 Å². The largest absolute Gasteiger partial charge is 0.486 e. The number of amides is 1. The van der Waals surface area contributed by atoms with E-state index in [1.165, 1.54) is 0 Å². The molecule has 0 saturated heterocycles. The van der Waals surface area contributed by atoms with Crippen LogP contribution in [0.4, 0.5) is 5.82 Å². The molecule has 0 atom stereocenters. The van der Waals surface area contributed by atoms with Gasteiger partial charge >= 0.3 is 0 Å². The van der Waals surface area contributed by atoms with Crippen molar-refractivity contribution in [3.63, 3.8) is 0 Å². The maximum Gasteiger partial charge on any atom is 0.229 e. The first kappa shape index (κ1) is 16.3. The van der Waals surface area contributed by atoms with Crippen LogP contribution in [-0.4, -0.2) is 28.9 Å². The molecule has 1 aliphatic heterocycles. The lowest BCUT2D eigenvalue weighted by molar-refractivity contribution is -0.115. The Morgan fingerprint density at radius 2 is 2.00 bits per heavy atom. The van der Waals surface area contributed by atoms with Gasteiger partial charge in [-0.3, -0.25) is 4.79 Å². The molecular formula is C19H19N3O4. The number of rotatable bonds is 5. The van der Waals surface area contributed by atoms with Gasteiger partial charge < -0.3 is 19.2 Å². The molecule has 1 aliphatic rings. The van der Waals surface area contributed by atoms with Crippen LogP contribution in [-0.2, 0) is 17.8 Å².